The molecule has 1 rings (SSSR count). The van der Waals surface area contributed by atoms with Crippen molar-refractivity contribution in [3.8, 4) is 0 Å². The summed E-state index contributed by atoms with van der Waals surface area (Å²) in [6.45, 7) is 0.181. The smallest absolute Gasteiger partial charge is 0.393 e. The molecule has 19 heavy (non-hydrogen) atoms. The van der Waals surface area contributed by atoms with E-state index in [-0.39, 0.29) is 23.5 Å². The fourth-order valence-corrected chi connectivity index (χ4v) is 1.59. The van der Waals surface area contributed by atoms with Gasteiger partial charge in [0, 0.05) is 20.0 Å². The first-order chi connectivity index (χ1) is 8.73. The Labute approximate surface area is 114 Å². The van der Waals surface area contributed by atoms with Gasteiger partial charge in [0.15, 0.2) is 0 Å². The summed E-state index contributed by atoms with van der Waals surface area (Å²) in [7, 11) is 1.41. The molecule has 0 saturated heterocycles. The predicted molar refractivity (Wildman–Crippen MR) is 69.8 cm³/mol. The number of carbonyl (C=O) groups excluding carboxylic acids is 1. The Morgan fingerprint density at radius 2 is 1.95 bits per heavy atom. The van der Waals surface area contributed by atoms with E-state index in [1.807, 2.05) is 0 Å². The topological polar surface area (TPSA) is 46.3 Å². The molecule has 0 atom stereocenters. The van der Waals surface area contributed by atoms with Crippen LogP contribution in [0, 0.1) is 0 Å². The van der Waals surface area contributed by atoms with E-state index in [9.17, 15) is 18.0 Å². The van der Waals surface area contributed by atoms with Gasteiger partial charge in [-0.25, -0.2) is 0 Å². The Morgan fingerprint density at radius 3 is 2.47 bits per heavy atom. The Bertz CT molecular complexity index is 488. The predicted octanol–water partition coefficient (Wildman–Crippen LogP) is 2.45. The third-order valence-corrected chi connectivity index (χ3v) is 2.71. The van der Waals surface area contributed by atoms with Crippen LogP contribution >= 0.6 is 12.2 Å². The molecule has 0 aliphatic rings. The molecule has 0 aromatic heterocycles. The largest absolute Gasteiger partial charge is 0.417 e. The summed E-state index contributed by atoms with van der Waals surface area (Å²) in [5, 5.41) is 0. The SMILES string of the molecule is CN(CCC(N)=S)C(=O)c1ccccc1C(F)(F)F. The van der Waals surface area contributed by atoms with E-state index >= 15 is 0 Å². The second kappa shape index (κ2) is 6.01. The summed E-state index contributed by atoms with van der Waals surface area (Å²) in [6.07, 6.45) is -4.29. The maximum atomic E-state index is 12.8. The second-order valence-corrected chi connectivity index (χ2v) is 4.51. The molecule has 2 N–H and O–H groups in total. The van der Waals surface area contributed by atoms with Gasteiger partial charge in [0.05, 0.1) is 16.1 Å². The highest BCUT2D eigenvalue weighted by atomic mass is 32.1. The summed E-state index contributed by atoms with van der Waals surface area (Å²) in [6, 6.07) is 4.68. The Morgan fingerprint density at radius 1 is 1.37 bits per heavy atom. The lowest BCUT2D eigenvalue weighted by atomic mass is 10.1. The van der Waals surface area contributed by atoms with Crippen LogP contribution in [0.4, 0.5) is 13.2 Å². The first-order valence-corrected chi connectivity index (χ1v) is 5.84. The van der Waals surface area contributed by atoms with Crippen molar-refractivity contribution >= 4 is 23.1 Å². The number of hydrogen-bond acceptors (Lipinski definition) is 2. The number of hydrogen-bond donors (Lipinski definition) is 1. The molecular formula is C12H13F3N2OS. The van der Waals surface area contributed by atoms with Crippen LogP contribution in [-0.2, 0) is 6.18 Å². The maximum absolute atomic E-state index is 12.8. The molecule has 1 amide bonds. The molecule has 104 valence electrons. The molecule has 0 aliphatic carbocycles. The first-order valence-electron chi connectivity index (χ1n) is 5.43. The van der Waals surface area contributed by atoms with Gasteiger partial charge in [-0.1, -0.05) is 24.4 Å². The van der Waals surface area contributed by atoms with Gasteiger partial charge < -0.3 is 10.6 Å². The highest BCUT2D eigenvalue weighted by Gasteiger charge is 2.35. The van der Waals surface area contributed by atoms with Gasteiger partial charge in [-0.15, -0.1) is 0 Å². The van der Waals surface area contributed by atoms with Crippen molar-refractivity contribution in [3.05, 3.63) is 35.4 Å². The highest BCUT2D eigenvalue weighted by Crippen LogP contribution is 2.32. The molecule has 0 heterocycles. The molecule has 7 heteroatoms. The van der Waals surface area contributed by atoms with E-state index < -0.39 is 17.6 Å². The van der Waals surface area contributed by atoms with E-state index in [4.69, 9.17) is 5.73 Å². The third kappa shape index (κ3) is 4.20. The van der Waals surface area contributed by atoms with Crippen molar-refractivity contribution in [1.82, 2.24) is 4.90 Å². The van der Waals surface area contributed by atoms with Crippen LogP contribution in [0.2, 0.25) is 0 Å². The quantitative estimate of drug-likeness (QED) is 0.866. The normalized spacial score (nSPS) is 11.2. The summed E-state index contributed by atoms with van der Waals surface area (Å²) >= 11 is 4.66. The molecule has 0 radical (unpaired) electrons. The lowest BCUT2D eigenvalue weighted by molar-refractivity contribution is -0.138. The zero-order chi connectivity index (χ0) is 14.6. The zero-order valence-corrected chi connectivity index (χ0v) is 11.0. The number of benzene rings is 1. The second-order valence-electron chi connectivity index (χ2n) is 3.99. The van der Waals surface area contributed by atoms with Gasteiger partial charge in [-0.3, -0.25) is 4.79 Å². The summed E-state index contributed by atoms with van der Waals surface area (Å²) in [5.41, 5.74) is 3.98. The lowest BCUT2D eigenvalue weighted by Gasteiger charge is -2.19. The molecule has 0 aliphatic heterocycles. The number of carbonyl (C=O) groups is 1. The van der Waals surface area contributed by atoms with Crippen LogP contribution in [0.3, 0.4) is 0 Å². The van der Waals surface area contributed by atoms with E-state index in [1.165, 1.54) is 24.1 Å². The van der Waals surface area contributed by atoms with Crippen LogP contribution < -0.4 is 5.73 Å². The van der Waals surface area contributed by atoms with Gasteiger partial charge in [0.1, 0.15) is 0 Å². The zero-order valence-electron chi connectivity index (χ0n) is 10.2. The minimum absolute atomic E-state index is 0.181. The number of thiocarbonyl (C=S) groups is 1. The number of halogens is 3. The van der Waals surface area contributed by atoms with Crippen molar-refractivity contribution in [2.45, 2.75) is 12.6 Å². The van der Waals surface area contributed by atoms with Crippen molar-refractivity contribution in [2.75, 3.05) is 13.6 Å². The van der Waals surface area contributed by atoms with Crippen LogP contribution in [0.25, 0.3) is 0 Å². The van der Waals surface area contributed by atoms with Crippen molar-refractivity contribution in [1.29, 1.82) is 0 Å². The summed E-state index contributed by atoms with van der Waals surface area (Å²) < 4.78 is 38.3. The molecule has 0 saturated carbocycles. The van der Waals surface area contributed by atoms with E-state index in [0.29, 0.717) is 0 Å². The number of rotatable bonds is 4. The standard InChI is InChI=1S/C12H13F3N2OS/c1-17(7-6-10(16)19)11(18)8-4-2-3-5-9(8)12(13,14)15/h2-5H,6-7H2,1H3,(H2,16,19). The number of alkyl halides is 3. The highest BCUT2D eigenvalue weighted by molar-refractivity contribution is 7.80. The van der Waals surface area contributed by atoms with Crippen LogP contribution in [0.5, 0.6) is 0 Å². The summed E-state index contributed by atoms with van der Waals surface area (Å²) in [5.74, 6) is -0.704. The average Bonchev–Trinajstić information content (AvgIpc) is 2.34. The van der Waals surface area contributed by atoms with E-state index in [0.717, 1.165) is 12.1 Å². The monoisotopic (exact) mass is 290 g/mol. The van der Waals surface area contributed by atoms with Crippen molar-refractivity contribution in [2.24, 2.45) is 5.73 Å². The number of nitrogens with two attached hydrogens (primary N) is 1. The van der Waals surface area contributed by atoms with E-state index in [2.05, 4.69) is 12.2 Å². The molecule has 0 unspecified atom stereocenters. The lowest BCUT2D eigenvalue weighted by Crippen LogP contribution is -2.31. The molecule has 1 aromatic rings. The minimum Gasteiger partial charge on any atom is -0.393 e. The van der Waals surface area contributed by atoms with Crippen LogP contribution in [-0.4, -0.2) is 29.4 Å². The van der Waals surface area contributed by atoms with E-state index in [1.54, 1.807) is 0 Å². The van der Waals surface area contributed by atoms with Crippen molar-refractivity contribution < 1.29 is 18.0 Å². The fourth-order valence-electron chi connectivity index (χ4n) is 1.50. The Kier molecular flexibility index (Phi) is 4.88. The molecule has 0 spiro atoms. The minimum atomic E-state index is -4.56. The molecular weight excluding hydrogens is 277 g/mol. The molecule has 0 bridgehead atoms. The van der Waals surface area contributed by atoms with Crippen molar-refractivity contribution in [3.63, 3.8) is 0 Å². The Hall–Kier alpha value is -1.63. The number of amides is 1. The molecule has 3 nitrogen and oxygen atoms in total. The average molecular weight is 290 g/mol. The summed E-state index contributed by atoms with van der Waals surface area (Å²) in [4.78, 5) is 13.3. The number of nitrogens with zero attached hydrogens (tertiary/aromatic N) is 1. The molecule has 1 aromatic carbocycles. The first kappa shape index (κ1) is 15.4. The van der Waals surface area contributed by atoms with Gasteiger partial charge in [0.25, 0.3) is 5.91 Å². The molecule has 0 fully saturated rings. The van der Waals surface area contributed by atoms with Gasteiger partial charge >= 0.3 is 6.18 Å². The van der Waals surface area contributed by atoms with Gasteiger partial charge in [-0.05, 0) is 12.1 Å². The fraction of sp³-hybridized carbons (Fsp3) is 0.333. The van der Waals surface area contributed by atoms with Crippen LogP contribution in [0.1, 0.15) is 22.3 Å². The third-order valence-electron chi connectivity index (χ3n) is 2.50. The van der Waals surface area contributed by atoms with Gasteiger partial charge in [0.2, 0.25) is 0 Å². The van der Waals surface area contributed by atoms with Gasteiger partial charge in [-0.2, -0.15) is 13.2 Å². The maximum Gasteiger partial charge on any atom is 0.417 e. The van der Waals surface area contributed by atoms with Crippen LogP contribution in [0.15, 0.2) is 24.3 Å². The Balaban J connectivity index is 2.97.